The third kappa shape index (κ3) is 6.01. The first-order valence-electron chi connectivity index (χ1n) is 11.7. The number of ether oxygens (including phenoxy) is 2. The van der Waals surface area contributed by atoms with Crippen molar-refractivity contribution >= 4 is 73.4 Å². The molecule has 1 N–H and O–H groups in total. The summed E-state index contributed by atoms with van der Waals surface area (Å²) >= 11 is 3.78. The molecule has 1 aliphatic rings. The van der Waals surface area contributed by atoms with Gasteiger partial charge < -0.3 is 19.4 Å². The van der Waals surface area contributed by atoms with Crippen LogP contribution in [0.15, 0.2) is 23.2 Å². The Kier molecular flexibility index (Phi) is 9.04. The van der Waals surface area contributed by atoms with Gasteiger partial charge in [-0.05, 0) is 49.4 Å². The van der Waals surface area contributed by atoms with Crippen LogP contribution >= 0.6 is 34.4 Å². The molecule has 2 aromatic heterocycles. The highest BCUT2D eigenvalue weighted by atomic mass is 32.2. The summed E-state index contributed by atoms with van der Waals surface area (Å²) < 4.78 is 12.2. The SMILES string of the molecule is C#CCn1c(=NC(=O)CSCC(=O)Nc2sc3c(c2C(=O)OC)CCCC3)sc2cc(C(=O)OC)ccc21. The van der Waals surface area contributed by atoms with Gasteiger partial charge in [0.1, 0.15) is 5.00 Å². The molecule has 0 unspecified atom stereocenters. The zero-order valence-corrected chi connectivity index (χ0v) is 23.3. The van der Waals surface area contributed by atoms with E-state index in [2.05, 4.69) is 16.2 Å². The molecule has 4 rings (SSSR count). The van der Waals surface area contributed by atoms with Gasteiger partial charge in [-0.15, -0.1) is 29.5 Å². The summed E-state index contributed by atoms with van der Waals surface area (Å²) in [7, 11) is 2.64. The first kappa shape index (κ1) is 27.6. The summed E-state index contributed by atoms with van der Waals surface area (Å²) in [6.45, 7) is 0.201. The van der Waals surface area contributed by atoms with Crippen molar-refractivity contribution in [3.8, 4) is 12.3 Å². The monoisotopic (exact) mass is 571 g/mol. The van der Waals surface area contributed by atoms with Crippen molar-refractivity contribution in [1.29, 1.82) is 0 Å². The Balaban J connectivity index is 1.43. The lowest BCUT2D eigenvalue weighted by Crippen LogP contribution is -2.19. The molecule has 1 aliphatic carbocycles. The van der Waals surface area contributed by atoms with Gasteiger partial charge >= 0.3 is 11.9 Å². The smallest absolute Gasteiger partial charge is 0.341 e. The zero-order valence-electron chi connectivity index (χ0n) is 20.8. The van der Waals surface area contributed by atoms with Crippen molar-refractivity contribution < 1.29 is 28.7 Å². The number of carbonyl (C=O) groups is 4. The molecule has 0 aliphatic heterocycles. The van der Waals surface area contributed by atoms with Crippen LogP contribution in [-0.4, -0.2) is 54.0 Å². The number of amides is 2. The van der Waals surface area contributed by atoms with E-state index in [1.165, 1.54) is 36.9 Å². The maximum Gasteiger partial charge on any atom is 0.341 e. The summed E-state index contributed by atoms with van der Waals surface area (Å²) in [4.78, 5) is 55.2. The molecule has 198 valence electrons. The number of thiophene rings is 1. The number of nitrogens with zero attached hydrogens (tertiary/aromatic N) is 2. The van der Waals surface area contributed by atoms with E-state index in [0.29, 0.717) is 20.9 Å². The van der Waals surface area contributed by atoms with Crippen LogP contribution in [0.25, 0.3) is 10.2 Å². The Hall–Kier alpha value is -3.40. The number of anilines is 1. The quantitative estimate of drug-likeness (QED) is 0.324. The number of thiazole rings is 1. The van der Waals surface area contributed by atoms with E-state index >= 15 is 0 Å². The third-order valence-electron chi connectivity index (χ3n) is 5.85. The predicted octanol–water partition coefficient (Wildman–Crippen LogP) is 3.65. The molecule has 2 amide bonds. The number of esters is 2. The van der Waals surface area contributed by atoms with E-state index in [1.54, 1.807) is 22.8 Å². The molecule has 1 aromatic carbocycles. The van der Waals surface area contributed by atoms with Crippen molar-refractivity contribution in [2.24, 2.45) is 4.99 Å². The normalized spacial score (nSPS) is 13.0. The molecule has 3 aromatic rings. The van der Waals surface area contributed by atoms with Gasteiger partial charge in [0.05, 0.1) is 53.6 Å². The maximum absolute atomic E-state index is 12.6. The lowest BCUT2D eigenvalue weighted by atomic mass is 9.95. The van der Waals surface area contributed by atoms with E-state index in [0.717, 1.165) is 58.1 Å². The van der Waals surface area contributed by atoms with Crippen LogP contribution in [0.1, 0.15) is 44.0 Å². The molecule has 2 heterocycles. The summed E-state index contributed by atoms with van der Waals surface area (Å²) in [6.07, 6.45) is 9.23. The number of aromatic nitrogens is 1. The lowest BCUT2D eigenvalue weighted by molar-refractivity contribution is -0.115. The summed E-state index contributed by atoms with van der Waals surface area (Å²) in [5.41, 5.74) is 2.54. The van der Waals surface area contributed by atoms with Gasteiger partial charge in [0.25, 0.3) is 5.91 Å². The fourth-order valence-electron chi connectivity index (χ4n) is 4.15. The van der Waals surface area contributed by atoms with E-state index in [1.807, 2.05) is 0 Å². The minimum Gasteiger partial charge on any atom is -0.465 e. The van der Waals surface area contributed by atoms with Crippen molar-refractivity contribution in [3.05, 3.63) is 44.6 Å². The van der Waals surface area contributed by atoms with E-state index in [4.69, 9.17) is 15.9 Å². The molecule has 9 nitrogen and oxygen atoms in total. The second-order valence-electron chi connectivity index (χ2n) is 8.30. The summed E-state index contributed by atoms with van der Waals surface area (Å²) in [6, 6.07) is 5.04. The average molecular weight is 572 g/mol. The number of hydrogen-bond acceptors (Lipinski definition) is 9. The van der Waals surface area contributed by atoms with E-state index in [-0.39, 0.29) is 24.0 Å². The molecule has 38 heavy (non-hydrogen) atoms. The number of hydrogen-bond donors (Lipinski definition) is 1. The van der Waals surface area contributed by atoms with Crippen LogP contribution in [0.5, 0.6) is 0 Å². The predicted molar refractivity (Wildman–Crippen MR) is 149 cm³/mol. The number of terminal acetylenes is 1. The lowest BCUT2D eigenvalue weighted by Gasteiger charge is -2.11. The van der Waals surface area contributed by atoms with Crippen molar-refractivity contribution in [3.63, 3.8) is 0 Å². The minimum absolute atomic E-state index is 0.0176. The van der Waals surface area contributed by atoms with E-state index < -0.39 is 17.8 Å². The number of aryl methyl sites for hydroxylation is 1. The van der Waals surface area contributed by atoms with Crippen LogP contribution in [0.3, 0.4) is 0 Å². The topological polar surface area (TPSA) is 116 Å². The number of carbonyl (C=O) groups excluding carboxylic acids is 4. The minimum atomic E-state index is -0.463. The van der Waals surface area contributed by atoms with Gasteiger partial charge in [0.15, 0.2) is 4.80 Å². The molecule has 12 heteroatoms. The Morgan fingerprint density at radius 1 is 1.11 bits per heavy atom. The molecule has 0 bridgehead atoms. The van der Waals surface area contributed by atoms with Crippen LogP contribution in [0.2, 0.25) is 0 Å². The van der Waals surface area contributed by atoms with Crippen LogP contribution in [0.4, 0.5) is 5.00 Å². The number of fused-ring (bicyclic) bond motifs is 2. The van der Waals surface area contributed by atoms with Crippen molar-refractivity contribution in [1.82, 2.24) is 4.57 Å². The Morgan fingerprint density at radius 2 is 1.87 bits per heavy atom. The third-order valence-corrected chi connectivity index (χ3v) is 9.01. The molecule has 0 atom stereocenters. The van der Waals surface area contributed by atoms with Crippen LogP contribution in [-0.2, 0) is 38.4 Å². The van der Waals surface area contributed by atoms with Gasteiger partial charge in [0.2, 0.25) is 5.91 Å². The first-order chi connectivity index (χ1) is 18.4. The van der Waals surface area contributed by atoms with Gasteiger partial charge in [-0.2, -0.15) is 4.99 Å². The molecular formula is C26H25N3O6S3. The second kappa shape index (κ2) is 12.4. The van der Waals surface area contributed by atoms with Gasteiger partial charge in [-0.1, -0.05) is 17.3 Å². The first-order valence-corrected chi connectivity index (χ1v) is 14.5. The second-order valence-corrected chi connectivity index (χ2v) is 11.4. The Bertz CT molecular complexity index is 1530. The molecule has 0 saturated carbocycles. The average Bonchev–Trinajstić information content (AvgIpc) is 3.44. The molecule has 0 spiro atoms. The fourth-order valence-corrected chi connectivity index (χ4v) is 7.13. The van der Waals surface area contributed by atoms with Gasteiger partial charge in [0, 0.05) is 4.88 Å². The summed E-state index contributed by atoms with van der Waals surface area (Å²) in [5.74, 6) is 0.903. The highest BCUT2D eigenvalue weighted by Crippen LogP contribution is 2.38. The number of nitrogens with one attached hydrogen (secondary N) is 1. The number of rotatable bonds is 8. The number of methoxy groups -OCH3 is 2. The summed E-state index contributed by atoms with van der Waals surface area (Å²) in [5, 5.41) is 3.32. The largest absolute Gasteiger partial charge is 0.465 e. The Labute approximate surface area is 231 Å². The van der Waals surface area contributed by atoms with Crippen molar-refractivity contribution in [2.45, 2.75) is 32.2 Å². The number of benzene rings is 1. The van der Waals surface area contributed by atoms with Crippen LogP contribution in [0, 0.1) is 12.3 Å². The highest BCUT2D eigenvalue weighted by molar-refractivity contribution is 8.00. The number of thioether (sulfide) groups is 1. The molecule has 0 saturated heterocycles. The maximum atomic E-state index is 12.6. The van der Waals surface area contributed by atoms with Crippen molar-refractivity contribution in [2.75, 3.05) is 31.0 Å². The van der Waals surface area contributed by atoms with Gasteiger partial charge in [-0.25, -0.2) is 9.59 Å². The molecular weight excluding hydrogens is 547 g/mol. The molecule has 0 radical (unpaired) electrons. The standard InChI is InChI=1S/C26H25N3O6S3/c1-4-11-29-17-10-9-15(24(32)34-2)12-19(17)38-26(29)28-21(31)14-36-13-20(30)27-23-22(25(33)35-3)16-7-5-6-8-18(16)37-23/h1,9-10,12H,5-8,11,13-14H2,2-3H3,(H,27,30). The zero-order chi connectivity index (χ0) is 27.2. The fraction of sp³-hybridized carbons (Fsp3) is 0.346. The van der Waals surface area contributed by atoms with E-state index in [9.17, 15) is 19.2 Å². The Morgan fingerprint density at radius 3 is 2.61 bits per heavy atom. The van der Waals surface area contributed by atoms with Gasteiger partial charge in [-0.3, -0.25) is 9.59 Å². The van der Waals surface area contributed by atoms with Crippen LogP contribution < -0.4 is 10.1 Å². The highest BCUT2D eigenvalue weighted by Gasteiger charge is 2.27. The molecule has 0 fully saturated rings.